The summed E-state index contributed by atoms with van der Waals surface area (Å²) in [4.78, 5) is 13.3. The smallest absolute Gasteiger partial charge is 0.229 e. The van der Waals surface area contributed by atoms with Crippen molar-refractivity contribution in [3.05, 3.63) is 46.8 Å². The summed E-state index contributed by atoms with van der Waals surface area (Å²) in [6.07, 6.45) is -13.2. The topological polar surface area (TPSA) is 227 Å². The largest absolute Gasteiger partial charge is 0.504 e. The van der Waals surface area contributed by atoms with Gasteiger partial charge < -0.3 is 68.6 Å². The van der Waals surface area contributed by atoms with Crippen LogP contribution in [0.2, 0.25) is 0 Å². The van der Waals surface area contributed by atoms with Crippen molar-refractivity contribution in [3.8, 4) is 34.1 Å². The molecule has 2 fully saturated rings. The molecule has 0 bridgehead atoms. The number of aromatic hydroxyl groups is 1. The van der Waals surface area contributed by atoms with Crippen LogP contribution in [0.4, 0.5) is 0 Å². The second-order valence-electron chi connectivity index (χ2n) is 10.5. The van der Waals surface area contributed by atoms with Crippen molar-refractivity contribution in [3.63, 3.8) is 0 Å². The maximum absolute atomic E-state index is 13.3. The average molecular weight is 623 g/mol. The number of methoxy groups -OCH3 is 2. The van der Waals surface area contributed by atoms with Crippen LogP contribution in [-0.2, 0) is 14.2 Å². The maximum Gasteiger partial charge on any atom is 0.229 e. The van der Waals surface area contributed by atoms with Gasteiger partial charge in [-0.3, -0.25) is 4.79 Å². The van der Waals surface area contributed by atoms with E-state index in [1.165, 1.54) is 57.7 Å². The third-order valence-electron chi connectivity index (χ3n) is 7.70. The van der Waals surface area contributed by atoms with Crippen molar-refractivity contribution in [1.82, 2.24) is 0 Å². The summed E-state index contributed by atoms with van der Waals surface area (Å²) >= 11 is 0. The zero-order chi connectivity index (χ0) is 31.9. The first-order valence-corrected chi connectivity index (χ1v) is 13.6. The van der Waals surface area contributed by atoms with E-state index >= 15 is 0 Å². The number of fused-ring (bicyclic) bond motifs is 1. The second-order valence-corrected chi connectivity index (χ2v) is 10.5. The molecule has 3 aromatic rings. The van der Waals surface area contributed by atoms with Gasteiger partial charge in [-0.05, 0) is 24.6 Å². The standard InChI is InChI=1S/C29H34O15/c1-11-19(30)23(34)25(36)28(42-11)41-10-17-21(32)24(35)26(37)29(44-17)43-13-6-4-12(5-7-13)14-9-40-15-8-16(38-2)27(39-3)22(33)18(15)20(14)31/h4-9,11,17,19,21,23-26,28-30,32-37H,10H2,1-3H3/t11-,17+,19-,21+,23+,24-,25+,26+,28+,29+/m0/s1. The lowest BCUT2D eigenvalue weighted by atomic mass is 9.98. The Labute approximate surface area is 249 Å². The third-order valence-corrected chi connectivity index (χ3v) is 7.70. The number of ether oxygens (including phenoxy) is 6. The predicted molar refractivity (Wildman–Crippen MR) is 148 cm³/mol. The number of phenols is 1. The Morgan fingerprint density at radius 2 is 1.48 bits per heavy atom. The first kappa shape index (κ1) is 31.9. The van der Waals surface area contributed by atoms with Crippen molar-refractivity contribution in [2.45, 2.75) is 68.3 Å². The van der Waals surface area contributed by atoms with Crippen molar-refractivity contribution in [2.75, 3.05) is 20.8 Å². The first-order valence-electron chi connectivity index (χ1n) is 13.6. The minimum absolute atomic E-state index is 0.0244. The molecule has 0 amide bonds. The number of aliphatic hydroxyl groups is 6. The summed E-state index contributed by atoms with van der Waals surface area (Å²) in [5.74, 6) is -0.115. The van der Waals surface area contributed by atoms with Crippen LogP contribution in [0.15, 0.2) is 45.8 Å². The molecule has 0 spiro atoms. The van der Waals surface area contributed by atoms with E-state index in [4.69, 9.17) is 32.8 Å². The van der Waals surface area contributed by atoms with Gasteiger partial charge in [0.2, 0.25) is 17.5 Å². The van der Waals surface area contributed by atoms with E-state index in [1.807, 2.05) is 0 Å². The number of hydrogen-bond donors (Lipinski definition) is 7. The summed E-state index contributed by atoms with van der Waals surface area (Å²) in [6, 6.07) is 7.40. The molecule has 10 atom stereocenters. The van der Waals surface area contributed by atoms with Gasteiger partial charge >= 0.3 is 0 Å². The molecule has 0 unspecified atom stereocenters. The monoisotopic (exact) mass is 622 g/mol. The van der Waals surface area contributed by atoms with E-state index in [9.17, 15) is 40.5 Å². The minimum atomic E-state index is -1.70. The zero-order valence-electron chi connectivity index (χ0n) is 23.8. The van der Waals surface area contributed by atoms with Gasteiger partial charge in [-0.25, -0.2) is 0 Å². The summed E-state index contributed by atoms with van der Waals surface area (Å²) < 4.78 is 38.2. The number of rotatable bonds is 8. The van der Waals surface area contributed by atoms with Crippen molar-refractivity contribution in [2.24, 2.45) is 0 Å². The quantitative estimate of drug-likeness (QED) is 0.163. The summed E-state index contributed by atoms with van der Waals surface area (Å²) in [5.41, 5.74) is 0.0780. The van der Waals surface area contributed by atoms with Gasteiger partial charge in [0.05, 0.1) is 32.5 Å². The Kier molecular flexibility index (Phi) is 9.31. The molecule has 0 aliphatic carbocycles. The molecule has 3 heterocycles. The van der Waals surface area contributed by atoms with Gasteiger partial charge in [0.1, 0.15) is 65.7 Å². The Morgan fingerprint density at radius 3 is 2.14 bits per heavy atom. The highest BCUT2D eigenvalue weighted by molar-refractivity contribution is 5.91. The highest BCUT2D eigenvalue weighted by Crippen LogP contribution is 2.42. The van der Waals surface area contributed by atoms with E-state index in [0.717, 1.165) is 0 Å². The van der Waals surface area contributed by atoms with Crippen molar-refractivity contribution >= 4 is 11.0 Å². The molecular weight excluding hydrogens is 588 g/mol. The first-order chi connectivity index (χ1) is 21.0. The van der Waals surface area contributed by atoms with Gasteiger partial charge in [-0.2, -0.15) is 0 Å². The van der Waals surface area contributed by atoms with Crippen molar-refractivity contribution in [1.29, 1.82) is 0 Å². The summed E-state index contributed by atoms with van der Waals surface area (Å²) in [7, 11) is 2.70. The fourth-order valence-corrected chi connectivity index (χ4v) is 5.11. The molecule has 15 heteroatoms. The molecule has 7 N–H and O–H groups in total. The van der Waals surface area contributed by atoms with E-state index < -0.39 is 79.2 Å². The maximum atomic E-state index is 13.3. The number of phenolic OH excluding ortho intramolecular Hbond substituents is 1. The molecule has 2 aliphatic rings. The predicted octanol–water partition coefficient (Wildman–Crippen LogP) is -0.787. The molecule has 2 saturated heterocycles. The van der Waals surface area contributed by atoms with Crippen LogP contribution in [0.1, 0.15) is 6.92 Å². The lowest BCUT2D eigenvalue weighted by Crippen LogP contribution is -2.61. The lowest BCUT2D eigenvalue weighted by molar-refractivity contribution is -0.318. The van der Waals surface area contributed by atoms with Gasteiger partial charge in [0, 0.05) is 6.07 Å². The Bertz CT molecular complexity index is 1510. The van der Waals surface area contributed by atoms with Crippen molar-refractivity contribution < 1.29 is 68.6 Å². The summed E-state index contributed by atoms with van der Waals surface area (Å²) in [5, 5.41) is 71.9. The molecule has 1 aromatic heterocycles. The van der Waals surface area contributed by atoms with Gasteiger partial charge in [-0.15, -0.1) is 0 Å². The highest BCUT2D eigenvalue weighted by atomic mass is 16.7. The molecular formula is C29H34O15. The second kappa shape index (κ2) is 12.8. The van der Waals surface area contributed by atoms with Gasteiger partial charge in [0.25, 0.3) is 0 Å². The van der Waals surface area contributed by atoms with E-state index in [0.29, 0.717) is 5.56 Å². The van der Waals surface area contributed by atoms with Crippen LogP contribution in [0, 0.1) is 0 Å². The third kappa shape index (κ3) is 5.81. The Morgan fingerprint density at radius 1 is 0.818 bits per heavy atom. The number of hydrogen-bond acceptors (Lipinski definition) is 15. The zero-order valence-corrected chi connectivity index (χ0v) is 23.8. The highest BCUT2D eigenvalue weighted by Gasteiger charge is 2.47. The number of aliphatic hydroxyl groups excluding tert-OH is 6. The molecule has 15 nitrogen and oxygen atoms in total. The van der Waals surface area contributed by atoms with Crippen LogP contribution in [-0.4, -0.2) is 118 Å². The fourth-order valence-electron chi connectivity index (χ4n) is 5.11. The van der Waals surface area contributed by atoms with Crippen LogP contribution < -0.4 is 19.6 Å². The van der Waals surface area contributed by atoms with E-state index in [-0.39, 0.29) is 33.8 Å². The average Bonchev–Trinajstić information content (AvgIpc) is 3.02. The SMILES string of the molecule is COc1cc2occ(-c3ccc(O[C@@H]4O[C@H](CO[C@@H]5O[C@@H](C)[C@H](O)[C@@H](O)[C@H]5O)[C@@H](O)[C@H](O)[C@H]4O)cc3)c(=O)c2c(O)c1OC. The molecule has 0 saturated carbocycles. The molecule has 0 radical (unpaired) electrons. The summed E-state index contributed by atoms with van der Waals surface area (Å²) in [6.45, 7) is 1.03. The van der Waals surface area contributed by atoms with Gasteiger partial charge in [-0.1, -0.05) is 12.1 Å². The molecule has 240 valence electrons. The Hall–Kier alpha value is -3.51. The van der Waals surface area contributed by atoms with Crippen LogP contribution >= 0.6 is 0 Å². The van der Waals surface area contributed by atoms with Crippen LogP contribution in [0.5, 0.6) is 23.0 Å². The van der Waals surface area contributed by atoms with E-state index in [1.54, 1.807) is 0 Å². The number of benzene rings is 2. The normalized spacial score (nSPS) is 32.4. The minimum Gasteiger partial charge on any atom is -0.504 e. The lowest BCUT2D eigenvalue weighted by Gasteiger charge is -2.42. The van der Waals surface area contributed by atoms with E-state index in [2.05, 4.69) is 0 Å². The molecule has 44 heavy (non-hydrogen) atoms. The Balaban J connectivity index is 1.30. The fraction of sp³-hybridized carbons (Fsp3) is 0.483. The molecule has 5 rings (SSSR count). The molecule has 2 aromatic carbocycles. The van der Waals surface area contributed by atoms with Crippen LogP contribution in [0.25, 0.3) is 22.1 Å². The molecule has 2 aliphatic heterocycles. The van der Waals surface area contributed by atoms with Gasteiger partial charge in [0.15, 0.2) is 17.8 Å². The van der Waals surface area contributed by atoms with Crippen LogP contribution in [0.3, 0.4) is 0 Å².